The third-order valence-corrected chi connectivity index (χ3v) is 5.38. The number of amides is 2. The van der Waals surface area contributed by atoms with Gasteiger partial charge in [-0.15, -0.1) is 0 Å². The number of piperidine rings is 1. The summed E-state index contributed by atoms with van der Waals surface area (Å²) in [6, 6.07) is -0.882. The van der Waals surface area contributed by atoms with Gasteiger partial charge in [0.15, 0.2) is 0 Å². The highest BCUT2D eigenvalue weighted by Gasteiger charge is 2.37. The molecule has 114 valence electrons. The smallest absolute Gasteiger partial charge is 0.326 e. The number of carboxylic acid groups (broad SMARTS) is 1. The molecule has 2 unspecified atom stereocenters. The molecule has 0 aromatic rings. The SMILES string of the molecule is CC1CCCN(C(=O)NCC2CCSCC2)C1C(=O)O. The molecule has 6 heteroatoms. The van der Waals surface area contributed by atoms with Gasteiger partial charge in [-0.1, -0.05) is 6.92 Å². The number of carbonyl (C=O) groups excluding carboxylic acids is 1. The molecule has 0 bridgehead atoms. The third kappa shape index (κ3) is 3.81. The lowest BCUT2D eigenvalue weighted by Gasteiger charge is -2.37. The van der Waals surface area contributed by atoms with Gasteiger partial charge in [-0.25, -0.2) is 9.59 Å². The molecule has 2 aliphatic rings. The molecule has 5 nitrogen and oxygen atoms in total. The molecule has 0 aromatic carbocycles. The van der Waals surface area contributed by atoms with Crippen LogP contribution in [0.1, 0.15) is 32.6 Å². The lowest BCUT2D eigenvalue weighted by molar-refractivity contribution is -0.145. The van der Waals surface area contributed by atoms with E-state index < -0.39 is 12.0 Å². The van der Waals surface area contributed by atoms with Gasteiger partial charge in [0.2, 0.25) is 0 Å². The van der Waals surface area contributed by atoms with E-state index in [0.29, 0.717) is 19.0 Å². The van der Waals surface area contributed by atoms with Crippen LogP contribution >= 0.6 is 11.8 Å². The van der Waals surface area contributed by atoms with Crippen LogP contribution in [0.4, 0.5) is 4.79 Å². The van der Waals surface area contributed by atoms with E-state index in [4.69, 9.17) is 0 Å². The first-order chi connectivity index (χ1) is 9.59. The molecule has 2 rings (SSSR count). The summed E-state index contributed by atoms with van der Waals surface area (Å²) in [5.41, 5.74) is 0. The molecule has 0 aliphatic carbocycles. The van der Waals surface area contributed by atoms with Gasteiger partial charge in [0.1, 0.15) is 6.04 Å². The van der Waals surface area contributed by atoms with Crippen LogP contribution < -0.4 is 5.32 Å². The van der Waals surface area contributed by atoms with E-state index in [1.807, 2.05) is 18.7 Å². The predicted molar refractivity (Wildman–Crippen MR) is 80.0 cm³/mol. The molecule has 2 atom stereocenters. The van der Waals surface area contributed by atoms with Crippen molar-refractivity contribution in [2.45, 2.75) is 38.6 Å². The Morgan fingerprint density at radius 1 is 1.30 bits per heavy atom. The van der Waals surface area contributed by atoms with Gasteiger partial charge in [0.05, 0.1) is 0 Å². The highest BCUT2D eigenvalue weighted by molar-refractivity contribution is 7.99. The number of urea groups is 1. The van der Waals surface area contributed by atoms with Crippen molar-refractivity contribution in [2.24, 2.45) is 11.8 Å². The number of likely N-dealkylation sites (tertiary alicyclic amines) is 1. The largest absolute Gasteiger partial charge is 0.480 e. The van der Waals surface area contributed by atoms with Gasteiger partial charge in [-0.2, -0.15) is 11.8 Å². The number of hydrogen-bond donors (Lipinski definition) is 2. The molecule has 2 saturated heterocycles. The molecule has 2 amide bonds. The zero-order valence-electron chi connectivity index (χ0n) is 12.0. The second-order valence-corrected chi connectivity index (χ2v) is 7.06. The quantitative estimate of drug-likeness (QED) is 0.836. The van der Waals surface area contributed by atoms with Crippen LogP contribution in [-0.4, -0.2) is 52.6 Å². The molecule has 0 spiro atoms. The van der Waals surface area contributed by atoms with Gasteiger partial charge in [0, 0.05) is 13.1 Å². The van der Waals surface area contributed by atoms with Gasteiger partial charge in [-0.3, -0.25) is 0 Å². The first-order valence-corrected chi connectivity index (χ1v) is 8.60. The molecule has 0 aromatic heterocycles. The highest BCUT2D eigenvalue weighted by atomic mass is 32.2. The van der Waals surface area contributed by atoms with E-state index in [1.54, 1.807) is 0 Å². The summed E-state index contributed by atoms with van der Waals surface area (Å²) in [4.78, 5) is 25.1. The Hall–Kier alpha value is -0.910. The van der Waals surface area contributed by atoms with Crippen molar-refractivity contribution in [1.82, 2.24) is 10.2 Å². The second-order valence-electron chi connectivity index (χ2n) is 5.84. The maximum absolute atomic E-state index is 12.2. The van der Waals surface area contributed by atoms with Gasteiger partial charge >= 0.3 is 12.0 Å². The Bertz CT molecular complexity index is 358. The van der Waals surface area contributed by atoms with E-state index in [2.05, 4.69) is 5.32 Å². The van der Waals surface area contributed by atoms with E-state index in [1.165, 1.54) is 16.4 Å². The summed E-state index contributed by atoms with van der Waals surface area (Å²) in [5, 5.41) is 12.3. The van der Waals surface area contributed by atoms with Crippen molar-refractivity contribution in [3.05, 3.63) is 0 Å². The van der Waals surface area contributed by atoms with Crippen LogP contribution in [0.15, 0.2) is 0 Å². The summed E-state index contributed by atoms with van der Waals surface area (Å²) in [6.45, 7) is 3.14. The minimum atomic E-state index is -0.888. The number of hydrogen-bond acceptors (Lipinski definition) is 3. The summed E-state index contributed by atoms with van der Waals surface area (Å²) in [7, 11) is 0. The average Bonchev–Trinajstić information content (AvgIpc) is 2.45. The number of nitrogens with zero attached hydrogens (tertiary/aromatic N) is 1. The fourth-order valence-electron chi connectivity index (χ4n) is 3.08. The molecule has 0 saturated carbocycles. The number of nitrogens with one attached hydrogen (secondary N) is 1. The summed E-state index contributed by atoms with van der Waals surface area (Å²) in [6.07, 6.45) is 4.05. The third-order valence-electron chi connectivity index (χ3n) is 4.33. The lowest BCUT2D eigenvalue weighted by Crippen LogP contribution is -2.55. The topological polar surface area (TPSA) is 69.6 Å². The van der Waals surface area contributed by atoms with Gasteiger partial charge in [-0.05, 0) is 49.0 Å². The first-order valence-electron chi connectivity index (χ1n) is 7.44. The molecule has 20 heavy (non-hydrogen) atoms. The number of rotatable bonds is 3. The fraction of sp³-hybridized carbons (Fsp3) is 0.857. The summed E-state index contributed by atoms with van der Waals surface area (Å²) < 4.78 is 0. The van der Waals surface area contributed by atoms with E-state index >= 15 is 0 Å². The average molecular weight is 300 g/mol. The maximum Gasteiger partial charge on any atom is 0.326 e. The molecule has 2 fully saturated rings. The van der Waals surface area contributed by atoms with Gasteiger partial charge < -0.3 is 15.3 Å². The summed E-state index contributed by atoms with van der Waals surface area (Å²) in [5.74, 6) is 2.02. The lowest BCUT2D eigenvalue weighted by atomic mass is 9.91. The Morgan fingerprint density at radius 2 is 2.00 bits per heavy atom. The minimum Gasteiger partial charge on any atom is -0.480 e. The van der Waals surface area contributed by atoms with Crippen LogP contribution in [0.3, 0.4) is 0 Å². The number of aliphatic carboxylic acids is 1. The highest BCUT2D eigenvalue weighted by Crippen LogP contribution is 2.24. The van der Waals surface area contributed by atoms with Crippen molar-refractivity contribution in [3.63, 3.8) is 0 Å². The Balaban J connectivity index is 1.87. The van der Waals surface area contributed by atoms with Crippen molar-refractivity contribution in [3.8, 4) is 0 Å². The second kappa shape index (κ2) is 7.20. The van der Waals surface area contributed by atoms with E-state index in [0.717, 1.165) is 25.7 Å². The van der Waals surface area contributed by atoms with Crippen molar-refractivity contribution in [1.29, 1.82) is 0 Å². The Kier molecular flexibility index (Phi) is 5.57. The molecular weight excluding hydrogens is 276 g/mol. The van der Waals surface area contributed by atoms with Crippen LogP contribution in [0.5, 0.6) is 0 Å². The molecule has 2 aliphatic heterocycles. The molecule has 0 radical (unpaired) electrons. The number of carbonyl (C=O) groups is 2. The van der Waals surface area contributed by atoms with Crippen LogP contribution in [0.2, 0.25) is 0 Å². The van der Waals surface area contributed by atoms with E-state index in [9.17, 15) is 14.7 Å². The monoisotopic (exact) mass is 300 g/mol. The first kappa shape index (κ1) is 15.5. The van der Waals surface area contributed by atoms with Crippen LogP contribution in [0, 0.1) is 11.8 Å². The van der Waals surface area contributed by atoms with Crippen LogP contribution in [-0.2, 0) is 4.79 Å². The van der Waals surface area contributed by atoms with Crippen molar-refractivity contribution in [2.75, 3.05) is 24.6 Å². The Labute approximate surface area is 124 Å². The molecular formula is C14H24N2O3S. The minimum absolute atomic E-state index is 0.0260. The van der Waals surface area contributed by atoms with Crippen molar-refractivity contribution >= 4 is 23.8 Å². The molecule has 2 N–H and O–H groups in total. The van der Waals surface area contributed by atoms with Crippen LogP contribution in [0.25, 0.3) is 0 Å². The number of carboxylic acids is 1. The standard InChI is InChI=1S/C14H24N2O3S/c1-10-3-2-6-16(12(10)13(17)18)14(19)15-9-11-4-7-20-8-5-11/h10-12H,2-9H2,1H3,(H,15,19)(H,17,18). The Morgan fingerprint density at radius 3 is 2.65 bits per heavy atom. The zero-order chi connectivity index (χ0) is 14.5. The van der Waals surface area contributed by atoms with Gasteiger partial charge in [0.25, 0.3) is 0 Å². The predicted octanol–water partition coefficient (Wildman–Crippen LogP) is 2.02. The zero-order valence-corrected chi connectivity index (χ0v) is 12.8. The fourth-order valence-corrected chi connectivity index (χ4v) is 4.28. The van der Waals surface area contributed by atoms with Crippen molar-refractivity contribution < 1.29 is 14.7 Å². The summed E-state index contributed by atoms with van der Waals surface area (Å²) >= 11 is 1.96. The maximum atomic E-state index is 12.2. The number of thioether (sulfide) groups is 1. The molecule has 2 heterocycles. The normalized spacial score (nSPS) is 28.1. The van der Waals surface area contributed by atoms with E-state index in [-0.39, 0.29) is 11.9 Å².